The Labute approximate surface area is 112 Å². The van der Waals surface area contributed by atoms with Gasteiger partial charge in [-0.3, -0.25) is 0 Å². The van der Waals surface area contributed by atoms with Crippen molar-refractivity contribution in [3.05, 3.63) is 0 Å². The number of rotatable bonds is 6. The van der Waals surface area contributed by atoms with E-state index in [2.05, 4.69) is 17.1 Å². The van der Waals surface area contributed by atoms with E-state index in [1.165, 1.54) is 58.0 Å². The first-order valence-corrected chi connectivity index (χ1v) is 7.89. The summed E-state index contributed by atoms with van der Waals surface area (Å²) in [5, 5.41) is 13.6. The molecule has 2 fully saturated rings. The molecule has 2 rings (SSSR count). The van der Waals surface area contributed by atoms with E-state index in [4.69, 9.17) is 0 Å². The van der Waals surface area contributed by atoms with Crippen molar-refractivity contribution in [1.29, 1.82) is 0 Å². The van der Waals surface area contributed by atoms with Crippen molar-refractivity contribution < 1.29 is 5.11 Å². The normalized spacial score (nSPS) is 26.3. The zero-order chi connectivity index (χ0) is 12.8. The highest BCUT2D eigenvalue weighted by molar-refractivity contribution is 4.78. The summed E-state index contributed by atoms with van der Waals surface area (Å²) in [7, 11) is 0. The maximum absolute atomic E-state index is 10.1. The molecule has 1 heterocycles. The van der Waals surface area contributed by atoms with Gasteiger partial charge < -0.3 is 15.3 Å². The molecule has 2 unspecified atom stereocenters. The third kappa shape index (κ3) is 4.52. The molecule has 0 aromatic heterocycles. The van der Waals surface area contributed by atoms with Crippen LogP contribution in [0.25, 0.3) is 0 Å². The van der Waals surface area contributed by atoms with Crippen molar-refractivity contribution in [3.63, 3.8) is 0 Å². The summed E-state index contributed by atoms with van der Waals surface area (Å²) in [5.41, 5.74) is 0. The zero-order valence-corrected chi connectivity index (χ0v) is 11.9. The molecule has 18 heavy (non-hydrogen) atoms. The zero-order valence-electron chi connectivity index (χ0n) is 11.9. The van der Waals surface area contributed by atoms with E-state index in [9.17, 15) is 5.11 Å². The summed E-state index contributed by atoms with van der Waals surface area (Å²) >= 11 is 0. The average molecular weight is 254 g/mol. The molecule has 0 radical (unpaired) electrons. The Kier molecular flexibility index (Phi) is 5.93. The van der Waals surface area contributed by atoms with Gasteiger partial charge >= 0.3 is 0 Å². The lowest BCUT2D eigenvalue weighted by Gasteiger charge is -2.29. The number of likely N-dealkylation sites (tertiary alicyclic amines) is 1. The summed E-state index contributed by atoms with van der Waals surface area (Å²) in [4.78, 5) is 2.39. The second-order valence-corrected chi connectivity index (χ2v) is 6.26. The molecule has 2 aliphatic rings. The van der Waals surface area contributed by atoms with Crippen LogP contribution in [0.3, 0.4) is 0 Å². The quantitative estimate of drug-likeness (QED) is 0.761. The molecule has 1 aliphatic heterocycles. The van der Waals surface area contributed by atoms with Crippen LogP contribution in [0.5, 0.6) is 0 Å². The number of aliphatic hydroxyl groups is 1. The van der Waals surface area contributed by atoms with Crippen molar-refractivity contribution in [2.45, 2.75) is 64.0 Å². The second kappa shape index (κ2) is 7.46. The summed E-state index contributed by atoms with van der Waals surface area (Å²) in [6, 6.07) is 0.568. The Hall–Kier alpha value is -0.120. The molecular weight excluding hydrogens is 224 g/mol. The molecule has 106 valence electrons. The van der Waals surface area contributed by atoms with Crippen LogP contribution in [-0.2, 0) is 0 Å². The number of hydrogen-bond donors (Lipinski definition) is 2. The van der Waals surface area contributed by atoms with Gasteiger partial charge in [-0.05, 0) is 51.6 Å². The molecule has 2 atom stereocenters. The number of nitrogens with one attached hydrogen (secondary N) is 1. The molecule has 0 spiro atoms. The average Bonchev–Trinajstić information content (AvgIpc) is 2.90. The van der Waals surface area contributed by atoms with Crippen LogP contribution >= 0.6 is 0 Å². The molecule has 0 aromatic carbocycles. The first-order chi connectivity index (χ1) is 8.75. The maximum Gasteiger partial charge on any atom is 0.0791 e. The Morgan fingerprint density at radius 3 is 2.44 bits per heavy atom. The highest BCUT2D eigenvalue weighted by atomic mass is 16.3. The maximum atomic E-state index is 10.1. The Bertz CT molecular complexity index is 223. The number of β-amino-alcohol motifs (C(OH)–C–C–N with tert-alkyl or cyclic N) is 1. The Balaban J connectivity index is 1.60. The van der Waals surface area contributed by atoms with Crippen molar-refractivity contribution in [2.24, 2.45) is 5.92 Å². The van der Waals surface area contributed by atoms with E-state index in [-0.39, 0.29) is 6.10 Å². The van der Waals surface area contributed by atoms with Crippen LogP contribution in [-0.4, -0.2) is 48.3 Å². The van der Waals surface area contributed by atoms with Gasteiger partial charge in [0.25, 0.3) is 0 Å². The molecule has 0 aromatic rings. The van der Waals surface area contributed by atoms with Gasteiger partial charge in [0.05, 0.1) is 6.10 Å². The summed E-state index contributed by atoms with van der Waals surface area (Å²) < 4.78 is 0. The van der Waals surface area contributed by atoms with E-state index in [1.807, 2.05) is 0 Å². The third-order valence-corrected chi connectivity index (χ3v) is 4.70. The van der Waals surface area contributed by atoms with Crippen LogP contribution in [0.4, 0.5) is 0 Å². The molecule has 3 heteroatoms. The highest BCUT2D eigenvalue weighted by Crippen LogP contribution is 2.26. The third-order valence-electron chi connectivity index (χ3n) is 4.70. The largest absolute Gasteiger partial charge is 0.390 e. The predicted octanol–water partition coefficient (Wildman–Crippen LogP) is 2.00. The molecule has 0 bridgehead atoms. The number of hydrogen-bond acceptors (Lipinski definition) is 3. The minimum atomic E-state index is -0.200. The van der Waals surface area contributed by atoms with Gasteiger partial charge in [-0.15, -0.1) is 0 Å². The molecule has 0 amide bonds. The lowest BCUT2D eigenvalue weighted by Crippen LogP contribution is -2.42. The van der Waals surface area contributed by atoms with Crippen LogP contribution < -0.4 is 5.32 Å². The molecule has 3 nitrogen and oxygen atoms in total. The monoisotopic (exact) mass is 254 g/mol. The molecular formula is C15H30N2O. The van der Waals surface area contributed by atoms with Gasteiger partial charge in [0.1, 0.15) is 0 Å². The van der Waals surface area contributed by atoms with E-state index < -0.39 is 0 Å². The fourth-order valence-corrected chi connectivity index (χ4v) is 3.45. The number of nitrogens with zero attached hydrogens (tertiary/aromatic N) is 1. The lowest BCUT2D eigenvalue weighted by atomic mass is 9.84. The van der Waals surface area contributed by atoms with E-state index in [0.717, 1.165) is 19.0 Å². The fraction of sp³-hybridized carbons (Fsp3) is 1.00. The molecule has 1 saturated carbocycles. The lowest BCUT2D eigenvalue weighted by molar-refractivity contribution is 0.116. The topological polar surface area (TPSA) is 35.5 Å². The SMILES string of the molecule is CC(NCC(O)CN1CCCC1)C1CCCCC1. The Morgan fingerprint density at radius 2 is 1.78 bits per heavy atom. The van der Waals surface area contributed by atoms with Crippen molar-refractivity contribution >= 4 is 0 Å². The highest BCUT2D eigenvalue weighted by Gasteiger charge is 2.21. The van der Waals surface area contributed by atoms with Crippen LogP contribution in [0, 0.1) is 5.92 Å². The van der Waals surface area contributed by atoms with E-state index in [0.29, 0.717) is 6.04 Å². The van der Waals surface area contributed by atoms with Gasteiger partial charge in [0.15, 0.2) is 0 Å². The van der Waals surface area contributed by atoms with Gasteiger partial charge in [0.2, 0.25) is 0 Å². The van der Waals surface area contributed by atoms with Crippen LogP contribution in [0.15, 0.2) is 0 Å². The van der Waals surface area contributed by atoms with E-state index >= 15 is 0 Å². The van der Waals surface area contributed by atoms with Crippen molar-refractivity contribution in [1.82, 2.24) is 10.2 Å². The van der Waals surface area contributed by atoms with Crippen LogP contribution in [0.2, 0.25) is 0 Å². The van der Waals surface area contributed by atoms with Crippen molar-refractivity contribution in [2.75, 3.05) is 26.2 Å². The van der Waals surface area contributed by atoms with E-state index in [1.54, 1.807) is 0 Å². The molecule has 2 N–H and O–H groups in total. The summed E-state index contributed by atoms with van der Waals surface area (Å²) in [6.07, 6.45) is 9.36. The molecule has 1 aliphatic carbocycles. The van der Waals surface area contributed by atoms with Crippen LogP contribution in [0.1, 0.15) is 51.9 Å². The predicted molar refractivity (Wildman–Crippen MR) is 75.7 cm³/mol. The summed E-state index contributed by atoms with van der Waals surface area (Å²) in [6.45, 7) is 6.25. The van der Waals surface area contributed by atoms with Gasteiger partial charge in [-0.2, -0.15) is 0 Å². The van der Waals surface area contributed by atoms with Crippen molar-refractivity contribution in [3.8, 4) is 0 Å². The minimum Gasteiger partial charge on any atom is -0.390 e. The second-order valence-electron chi connectivity index (χ2n) is 6.26. The fourth-order valence-electron chi connectivity index (χ4n) is 3.45. The minimum absolute atomic E-state index is 0.200. The smallest absolute Gasteiger partial charge is 0.0791 e. The summed E-state index contributed by atoms with van der Waals surface area (Å²) in [5.74, 6) is 0.831. The van der Waals surface area contributed by atoms with Gasteiger partial charge in [0, 0.05) is 19.1 Å². The molecule has 1 saturated heterocycles. The Morgan fingerprint density at radius 1 is 1.11 bits per heavy atom. The first-order valence-electron chi connectivity index (χ1n) is 7.89. The number of aliphatic hydroxyl groups excluding tert-OH is 1. The first kappa shape index (κ1) is 14.3. The van der Waals surface area contributed by atoms with Gasteiger partial charge in [-0.1, -0.05) is 19.3 Å². The standard InChI is InChI=1S/C15H30N2O/c1-13(14-7-3-2-4-8-14)16-11-15(18)12-17-9-5-6-10-17/h13-16,18H,2-12H2,1H3. The van der Waals surface area contributed by atoms with Gasteiger partial charge in [-0.25, -0.2) is 0 Å².